The van der Waals surface area contributed by atoms with Gasteiger partial charge in [0.25, 0.3) is 5.91 Å². The third-order valence-corrected chi connectivity index (χ3v) is 4.51. The molecule has 0 saturated heterocycles. The van der Waals surface area contributed by atoms with Gasteiger partial charge in [-0.15, -0.1) is 0 Å². The first kappa shape index (κ1) is 19.6. The lowest BCUT2D eigenvalue weighted by Gasteiger charge is -2.15. The minimum atomic E-state index is -2.97. The summed E-state index contributed by atoms with van der Waals surface area (Å²) in [6.07, 6.45) is 0.697. The monoisotopic (exact) mass is 390 g/mol. The molecule has 1 N–H and O–H groups in total. The molecule has 0 aromatic heterocycles. The van der Waals surface area contributed by atoms with Gasteiger partial charge in [-0.25, -0.2) is 0 Å². The summed E-state index contributed by atoms with van der Waals surface area (Å²) >= 11 is 0. The third-order valence-electron chi connectivity index (χ3n) is 4.51. The summed E-state index contributed by atoms with van der Waals surface area (Å²) in [5.74, 6) is -0.233. The SMILES string of the molecule is COc1ccc(CNC(=O)c2ccc3c(c2)CCN3C(C)=O)cc1OC(F)F. The normalized spacial score (nSPS) is 12.7. The molecule has 1 heterocycles. The van der Waals surface area contributed by atoms with E-state index in [1.165, 1.54) is 26.2 Å². The van der Waals surface area contributed by atoms with Crippen molar-refractivity contribution in [2.75, 3.05) is 18.6 Å². The lowest BCUT2D eigenvalue weighted by Crippen LogP contribution is -2.26. The summed E-state index contributed by atoms with van der Waals surface area (Å²) in [6, 6.07) is 9.76. The highest BCUT2D eigenvalue weighted by Gasteiger charge is 2.23. The molecule has 2 amide bonds. The molecule has 0 unspecified atom stereocenters. The fourth-order valence-electron chi connectivity index (χ4n) is 3.17. The molecule has 3 rings (SSSR count). The Morgan fingerprint density at radius 3 is 2.64 bits per heavy atom. The zero-order valence-electron chi connectivity index (χ0n) is 15.5. The molecular formula is C20H20F2N2O4. The molecule has 2 aromatic carbocycles. The first-order valence-electron chi connectivity index (χ1n) is 8.70. The molecule has 1 aliphatic heterocycles. The van der Waals surface area contributed by atoms with Crippen molar-refractivity contribution in [1.82, 2.24) is 5.32 Å². The second-order valence-corrected chi connectivity index (χ2v) is 6.31. The Kier molecular flexibility index (Phi) is 5.77. The highest BCUT2D eigenvalue weighted by molar-refractivity contribution is 5.97. The zero-order chi connectivity index (χ0) is 20.3. The Bertz CT molecular complexity index is 902. The number of benzene rings is 2. The second-order valence-electron chi connectivity index (χ2n) is 6.31. The van der Waals surface area contributed by atoms with Crippen LogP contribution in [0.15, 0.2) is 36.4 Å². The van der Waals surface area contributed by atoms with Crippen molar-refractivity contribution in [3.63, 3.8) is 0 Å². The lowest BCUT2D eigenvalue weighted by atomic mass is 10.1. The number of hydrogen-bond donors (Lipinski definition) is 1. The summed E-state index contributed by atoms with van der Waals surface area (Å²) in [7, 11) is 1.36. The maximum absolute atomic E-state index is 12.5. The minimum absolute atomic E-state index is 0.0303. The highest BCUT2D eigenvalue weighted by atomic mass is 19.3. The van der Waals surface area contributed by atoms with Crippen molar-refractivity contribution >= 4 is 17.5 Å². The number of hydrogen-bond acceptors (Lipinski definition) is 4. The number of carbonyl (C=O) groups excluding carboxylic acids is 2. The fourth-order valence-corrected chi connectivity index (χ4v) is 3.17. The van der Waals surface area contributed by atoms with Gasteiger partial charge in [-0.2, -0.15) is 8.78 Å². The van der Waals surface area contributed by atoms with Gasteiger partial charge >= 0.3 is 6.61 Å². The van der Waals surface area contributed by atoms with Gasteiger partial charge in [0.2, 0.25) is 5.91 Å². The molecule has 1 aliphatic rings. The number of nitrogens with one attached hydrogen (secondary N) is 1. The van der Waals surface area contributed by atoms with E-state index in [2.05, 4.69) is 10.1 Å². The van der Waals surface area contributed by atoms with E-state index in [9.17, 15) is 18.4 Å². The standard InChI is InChI=1S/C20H20F2N2O4/c1-12(25)24-8-7-14-10-15(4-5-16(14)24)19(26)23-11-13-3-6-17(27-2)18(9-13)28-20(21)22/h3-6,9-10,20H,7-8,11H2,1-2H3,(H,23,26). The van der Waals surface area contributed by atoms with Crippen LogP contribution in [0.2, 0.25) is 0 Å². The van der Waals surface area contributed by atoms with Crippen LogP contribution in [0, 0.1) is 0 Å². The maximum atomic E-state index is 12.5. The van der Waals surface area contributed by atoms with Crippen molar-refractivity contribution in [2.24, 2.45) is 0 Å². The predicted octanol–water partition coefficient (Wildman–Crippen LogP) is 3.14. The summed E-state index contributed by atoms with van der Waals surface area (Å²) in [5, 5.41) is 2.76. The van der Waals surface area contributed by atoms with Crippen LogP contribution in [0.25, 0.3) is 0 Å². The van der Waals surface area contributed by atoms with Crippen LogP contribution in [0.1, 0.15) is 28.4 Å². The Morgan fingerprint density at radius 2 is 1.96 bits per heavy atom. The Balaban J connectivity index is 1.69. The first-order chi connectivity index (χ1) is 13.4. The number of methoxy groups -OCH3 is 1. The highest BCUT2D eigenvalue weighted by Crippen LogP contribution is 2.30. The van der Waals surface area contributed by atoms with E-state index >= 15 is 0 Å². The predicted molar refractivity (Wildman–Crippen MR) is 99.0 cm³/mol. The van der Waals surface area contributed by atoms with Gasteiger partial charge in [-0.05, 0) is 47.9 Å². The van der Waals surface area contributed by atoms with E-state index in [0.717, 1.165) is 11.3 Å². The number of fused-ring (bicyclic) bond motifs is 1. The van der Waals surface area contributed by atoms with Crippen molar-refractivity contribution in [3.8, 4) is 11.5 Å². The second kappa shape index (κ2) is 8.24. The van der Waals surface area contributed by atoms with Gasteiger partial charge < -0.3 is 19.7 Å². The number of nitrogens with zero attached hydrogens (tertiary/aromatic N) is 1. The number of carbonyl (C=O) groups is 2. The summed E-state index contributed by atoms with van der Waals surface area (Å²) < 4.78 is 34.5. The Labute approximate surface area is 161 Å². The van der Waals surface area contributed by atoms with Gasteiger partial charge in [-0.3, -0.25) is 9.59 Å². The molecule has 0 radical (unpaired) electrons. The Hall–Kier alpha value is -3.16. The van der Waals surface area contributed by atoms with E-state index in [1.54, 1.807) is 29.2 Å². The summed E-state index contributed by atoms with van der Waals surface area (Å²) in [5.41, 5.74) is 2.84. The molecule has 0 bridgehead atoms. The maximum Gasteiger partial charge on any atom is 0.387 e. The molecule has 8 heteroatoms. The van der Waals surface area contributed by atoms with E-state index in [4.69, 9.17) is 4.74 Å². The third kappa shape index (κ3) is 4.21. The number of amides is 2. The van der Waals surface area contributed by atoms with E-state index in [0.29, 0.717) is 24.1 Å². The molecule has 0 saturated carbocycles. The van der Waals surface area contributed by atoms with Crippen LogP contribution in [0.4, 0.5) is 14.5 Å². The zero-order valence-corrected chi connectivity index (χ0v) is 15.5. The van der Waals surface area contributed by atoms with E-state index in [1.807, 2.05) is 0 Å². The van der Waals surface area contributed by atoms with E-state index in [-0.39, 0.29) is 29.9 Å². The minimum Gasteiger partial charge on any atom is -0.493 e. The number of rotatable bonds is 6. The van der Waals surface area contributed by atoms with E-state index < -0.39 is 6.61 Å². The van der Waals surface area contributed by atoms with Crippen molar-refractivity contribution in [3.05, 3.63) is 53.1 Å². The molecule has 148 valence electrons. The van der Waals surface area contributed by atoms with Gasteiger partial charge in [0, 0.05) is 31.3 Å². The quantitative estimate of drug-likeness (QED) is 0.823. The fraction of sp³-hybridized carbons (Fsp3) is 0.300. The first-order valence-corrected chi connectivity index (χ1v) is 8.70. The number of ether oxygens (including phenoxy) is 2. The number of halogens is 2. The van der Waals surface area contributed by atoms with Crippen molar-refractivity contribution in [1.29, 1.82) is 0 Å². The Morgan fingerprint density at radius 1 is 1.18 bits per heavy atom. The van der Waals surface area contributed by atoms with Gasteiger partial charge in [0.15, 0.2) is 11.5 Å². The van der Waals surface area contributed by atoms with Crippen LogP contribution in [-0.2, 0) is 17.8 Å². The van der Waals surface area contributed by atoms with Crippen molar-refractivity contribution < 1.29 is 27.8 Å². The lowest BCUT2D eigenvalue weighted by molar-refractivity contribution is -0.116. The molecule has 0 spiro atoms. The van der Waals surface area contributed by atoms with Gasteiger partial charge in [0.1, 0.15) is 0 Å². The van der Waals surface area contributed by atoms with Gasteiger partial charge in [0.05, 0.1) is 7.11 Å². The number of alkyl halides is 2. The average Bonchev–Trinajstić information content (AvgIpc) is 3.09. The smallest absolute Gasteiger partial charge is 0.387 e. The number of anilines is 1. The van der Waals surface area contributed by atoms with Crippen molar-refractivity contribution in [2.45, 2.75) is 26.5 Å². The summed E-state index contributed by atoms with van der Waals surface area (Å²) in [6.45, 7) is -0.718. The summed E-state index contributed by atoms with van der Waals surface area (Å²) in [4.78, 5) is 25.7. The van der Waals surface area contributed by atoms with Crippen LogP contribution < -0.4 is 19.7 Å². The molecule has 0 atom stereocenters. The largest absolute Gasteiger partial charge is 0.493 e. The molecule has 28 heavy (non-hydrogen) atoms. The molecule has 0 fully saturated rings. The van der Waals surface area contributed by atoms with Crippen LogP contribution in [-0.4, -0.2) is 32.1 Å². The topological polar surface area (TPSA) is 67.9 Å². The van der Waals surface area contributed by atoms with Gasteiger partial charge in [-0.1, -0.05) is 6.07 Å². The molecule has 0 aliphatic carbocycles. The molecule has 2 aromatic rings. The molecule has 6 nitrogen and oxygen atoms in total. The molecular weight excluding hydrogens is 370 g/mol. The van der Waals surface area contributed by atoms with Crippen LogP contribution >= 0.6 is 0 Å². The average molecular weight is 390 g/mol. The van der Waals surface area contributed by atoms with Crippen LogP contribution in [0.3, 0.4) is 0 Å². The van der Waals surface area contributed by atoms with Crippen LogP contribution in [0.5, 0.6) is 11.5 Å².